The van der Waals surface area contributed by atoms with E-state index in [1.807, 2.05) is 31.2 Å². The van der Waals surface area contributed by atoms with E-state index in [9.17, 15) is 9.59 Å². The molecule has 1 aliphatic rings. The molecule has 0 aromatic heterocycles. The first-order valence-corrected chi connectivity index (χ1v) is 7.61. The Bertz CT molecular complexity index is 533. The molecular weight excluding hydrogens is 282 g/mol. The van der Waals surface area contributed by atoms with Gasteiger partial charge in [-0.25, -0.2) is 0 Å². The summed E-state index contributed by atoms with van der Waals surface area (Å²) < 4.78 is 5.42. The molecule has 2 amide bonds. The van der Waals surface area contributed by atoms with Crippen molar-refractivity contribution >= 4 is 17.5 Å². The number of ether oxygens (including phenoxy) is 1. The van der Waals surface area contributed by atoms with E-state index in [-0.39, 0.29) is 24.5 Å². The van der Waals surface area contributed by atoms with Crippen LogP contribution in [-0.4, -0.2) is 43.7 Å². The highest BCUT2D eigenvalue weighted by atomic mass is 16.5. The third kappa shape index (κ3) is 4.54. The fourth-order valence-electron chi connectivity index (χ4n) is 2.38. The second kappa shape index (κ2) is 7.91. The number of rotatable bonds is 5. The van der Waals surface area contributed by atoms with Gasteiger partial charge in [0.15, 0.2) is 0 Å². The molecule has 1 fully saturated rings. The van der Waals surface area contributed by atoms with Crippen LogP contribution in [0.3, 0.4) is 0 Å². The number of carbonyl (C=O) groups excluding carboxylic acids is 2. The number of benzene rings is 1. The van der Waals surface area contributed by atoms with Crippen LogP contribution in [-0.2, 0) is 20.7 Å². The lowest BCUT2D eigenvalue weighted by atomic mass is 10.1. The van der Waals surface area contributed by atoms with Crippen LogP contribution in [0, 0.1) is 0 Å². The van der Waals surface area contributed by atoms with E-state index >= 15 is 0 Å². The maximum atomic E-state index is 12.0. The molecule has 1 aromatic carbocycles. The van der Waals surface area contributed by atoms with Gasteiger partial charge in [0, 0.05) is 12.2 Å². The zero-order valence-electron chi connectivity index (χ0n) is 13.0. The number of amides is 2. The second-order valence-electron chi connectivity index (χ2n) is 5.33. The third-order valence-electron chi connectivity index (χ3n) is 3.64. The molecule has 2 atom stereocenters. The van der Waals surface area contributed by atoms with E-state index in [0.717, 1.165) is 17.7 Å². The Labute approximate surface area is 130 Å². The predicted octanol–water partition coefficient (Wildman–Crippen LogP) is 0.681. The number of morpholine rings is 1. The molecule has 1 aromatic rings. The number of anilines is 1. The van der Waals surface area contributed by atoms with Gasteiger partial charge in [0.05, 0.1) is 19.3 Å². The number of hydrogen-bond acceptors (Lipinski definition) is 4. The van der Waals surface area contributed by atoms with Crippen LogP contribution < -0.4 is 16.0 Å². The number of aryl methyl sites for hydroxylation is 1. The second-order valence-corrected chi connectivity index (χ2v) is 5.33. The summed E-state index contributed by atoms with van der Waals surface area (Å²) in [6.07, 6.45) is 0.712. The molecule has 22 heavy (non-hydrogen) atoms. The van der Waals surface area contributed by atoms with E-state index in [0.29, 0.717) is 13.2 Å². The topological polar surface area (TPSA) is 79.5 Å². The van der Waals surface area contributed by atoms with Gasteiger partial charge in [-0.1, -0.05) is 19.1 Å². The molecule has 1 aliphatic heterocycles. The van der Waals surface area contributed by atoms with Crippen LogP contribution >= 0.6 is 0 Å². The van der Waals surface area contributed by atoms with Gasteiger partial charge >= 0.3 is 0 Å². The Morgan fingerprint density at radius 2 is 2.23 bits per heavy atom. The summed E-state index contributed by atoms with van der Waals surface area (Å²) in [4.78, 5) is 23.9. The summed E-state index contributed by atoms with van der Waals surface area (Å²) in [6.45, 7) is 5.08. The molecule has 3 N–H and O–H groups in total. The molecule has 0 bridgehead atoms. The smallest absolute Gasteiger partial charge is 0.243 e. The fourth-order valence-corrected chi connectivity index (χ4v) is 2.38. The van der Waals surface area contributed by atoms with Gasteiger partial charge < -0.3 is 20.7 Å². The molecule has 0 spiro atoms. The molecule has 0 unspecified atom stereocenters. The lowest BCUT2D eigenvalue weighted by Gasteiger charge is -2.29. The number of hydrogen-bond donors (Lipinski definition) is 3. The van der Waals surface area contributed by atoms with E-state index in [1.165, 1.54) is 0 Å². The van der Waals surface area contributed by atoms with Gasteiger partial charge in [-0.3, -0.25) is 9.59 Å². The zero-order chi connectivity index (χ0) is 15.9. The van der Waals surface area contributed by atoms with Crippen molar-refractivity contribution < 1.29 is 14.3 Å². The van der Waals surface area contributed by atoms with Crippen LogP contribution in [0.2, 0.25) is 0 Å². The monoisotopic (exact) mass is 305 g/mol. The molecule has 6 heteroatoms. The predicted molar refractivity (Wildman–Crippen MR) is 84.7 cm³/mol. The van der Waals surface area contributed by atoms with Gasteiger partial charge in [-0.2, -0.15) is 0 Å². The van der Waals surface area contributed by atoms with Crippen molar-refractivity contribution in [1.82, 2.24) is 10.6 Å². The highest BCUT2D eigenvalue weighted by molar-refractivity contribution is 5.95. The minimum absolute atomic E-state index is 0.0555. The van der Waals surface area contributed by atoms with Crippen LogP contribution in [0.4, 0.5) is 5.69 Å². The quantitative estimate of drug-likeness (QED) is 0.747. The van der Waals surface area contributed by atoms with Crippen molar-refractivity contribution in [3.63, 3.8) is 0 Å². The Balaban J connectivity index is 1.80. The summed E-state index contributed by atoms with van der Waals surface area (Å²) in [6, 6.07) is 7.26. The van der Waals surface area contributed by atoms with E-state index in [1.54, 1.807) is 0 Å². The maximum Gasteiger partial charge on any atom is 0.243 e. The molecule has 6 nitrogen and oxygen atoms in total. The number of nitrogens with one attached hydrogen (secondary N) is 3. The zero-order valence-corrected chi connectivity index (χ0v) is 13.0. The molecule has 0 saturated carbocycles. The van der Waals surface area contributed by atoms with Gasteiger partial charge in [-0.15, -0.1) is 0 Å². The van der Waals surface area contributed by atoms with E-state index in [2.05, 4.69) is 22.9 Å². The van der Waals surface area contributed by atoms with E-state index < -0.39 is 6.04 Å². The average molecular weight is 305 g/mol. The first-order valence-electron chi connectivity index (χ1n) is 7.61. The average Bonchev–Trinajstić information content (AvgIpc) is 2.53. The standard InChI is InChI=1S/C16H23N3O3/c1-3-12-5-4-6-13(9-12)19-14(20)10-18-16(21)15-11(2)22-8-7-17-15/h4-6,9,11,15,17H,3,7-8,10H2,1-2H3,(H,18,21)(H,19,20)/t11-,15+/m1/s1. The van der Waals surface area contributed by atoms with Crippen molar-refractivity contribution in [2.45, 2.75) is 32.4 Å². The van der Waals surface area contributed by atoms with Crippen molar-refractivity contribution in [3.8, 4) is 0 Å². The molecule has 1 heterocycles. The molecule has 120 valence electrons. The highest BCUT2D eigenvalue weighted by Crippen LogP contribution is 2.10. The van der Waals surface area contributed by atoms with Crippen molar-refractivity contribution in [3.05, 3.63) is 29.8 Å². The largest absolute Gasteiger partial charge is 0.375 e. The Kier molecular flexibility index (Phi) is 5.91. The lowest BCUT2D eigenvalue weighted by Crippen LogP contribution is -2.56. The Hall–Kier alpha value is -1.92. The first-order chi connectivity index (χ1) is 10.6. The van der Waals surface area contributed by atoms with Gasteiger partial charge in [0.1, 0.15) is 6.04 Å². The van der Waals surface area contributed by atoms with Gasteiger partial charge in [0.25, 0.3) is 0 Å². The first kappa shape index (κ1) is 16.5. The van der Waals surface area contributed by atoms with E-state index in [4.69, 9.17) is 4.74 Å². The lowest BCUT2D eigenvalue weighted by molar-refractivity contribution is -0.130. The fraction of sp³-hybridized carbons (Fsp3) is 0.500. The van der Waals surface area contributed by atoms with Crippen molar-refractivity contribution in [2.75, 3.05) is 25.0 Å². The van der Waals surface area contributed by atoms with Crippen molar-refractivity contribution in [2.24, 2.45) is 0 Å². The molecule has 0 aliphatic carbocycles. The summed E-state index contributed by atoms with van der Waals surface area (Å²) in [5.74, 6) is -0.462. The van der Waals surface area contributed by atoms with Gasteiger partial charge in [0.2, 0.25) is 11.8 Å². The van der Waals surface area contributed by atoms with Crippen LogP contribution in [0.15, 0.2) is 24.3 Å². The molecule has 0 radical (unpaired) electrons. The Morgan fingerprint density at radius 1 is 1.41 bits per heavy atom. The summed E-state index contributed by atoms with van der Waals surface area (Å²) in [5.41, 5.74) is 1.89. The minimum Gasteiger partial charge on any atom is -0.375 e. The SMILES string of the molecule is CCc1cccc(NC(=O)CNC(=O)[C@H]2NCCO[C@@H]2C)c1. The molecule has 1 saturated heterocycles. The summed E-state index contributed by atoms with van der Waals surface area (Å²) in [7, 11) is 0. The highest BCUT2D eigenvalue weighted by Gasteiger charge is 2.28. The Morgan fingerprint density at radius 3 is 2.95 bits per heavy atom. The maximum absolute atomic E-state index is 12.0. The van der Waals surface area contributed by atoms with Crippen LogP contribution in [0.1, 0.15) is 19.4 Å². The van der Waals surface area contributed by atoms with Crippen molar-refractivity contribution in [1.29, 1.82) is 0 Å². The molecule has 2 rings (SSSR count). The summed E-state index contributed by atoms with van der Waals surface area (Å²) >= 11 is 0. The molecular formula is C16H23N3O3. The summed E-state index contributed by atoms with van der Waals surface area (Å²) in [5, 5.41) is 8.51. The normalized spacial score (nSPS) is 21.2. The minimum atomic E-state index is -0.412. The van der Waals surface area contributed by atoms with Gasteiger partial charge in [-0.05, 0) is 31.0 Å². The third-order valence-corrected chi connectivity index (χ3v) is 3.64. The number of carbonyl (C=O) groups is 2. The van der Waals surface area contributed by atoms with Crippen LogP contribution in [0.5, 0.6) is 0 Å². The van der Waals surface area contributed by atoms with Crippen LogP contribution in [0.25, 0.3) is 0 Å².